The normalized spacial score (nSPS) is 13.6. The Bertz CT molecular complexity index is 512. The van der Waals surface area contributed by atoms with Gasteiger partial charge in [0.1, 0.15) is 0 Å². The summed E-state index contributed by atoms with van der Waals surface area (Å²) >= 11 is 3.44. The van der Waals surface area contributed by atoms with Crippen LogP contribution in [0.5, 0.6) is 0 Å². The molecule has 1 aromatic carbocycles. The Hall–Kier alpha value is -0.390. The molecule has 1 aromatic rings. The van der Waals surface area contributed by atoms with Gasteiger partial charge in [-0.25, -0.2) is 8.42 Å². The second-order valence-electron chi connectivity index (χ2n) is 5.66. The van der Waals surface area contributed by atoms with Crippen LogP contribution in [0.4, 0.5) is 0 Å². The Labute approximate surface area is 137 Å². The van der Waals surface area contributed by atoms with Crippen LogP contribution in [0, 0.1) is 0 Å². The highest BCUT2D eigenvalue weighted by atomic mass is 79.9. The van der Waals surface area contributed by atoms with E-state index in [0.717, 1.165) is 24.0 Å². The zero-order chi connectivity index (χ0) is 15.9. The highest BCUT2D eigenvalue weighted by Gasteiger charge is 2.20. The summed E-state index contributed by atoms with van der Waals surface area (Å²) in [6.07, 6.45) is 1.75. The molecule has 0 saturated heterocycles. The monoisotopic (exact) mass is 375 g/mol. The molecule has 0 aromatic heterocycles. The highest BCUT2D eigenvalue weighted by molar-refractivity contribution is 9.10. The fraction of sp³-hybridized carbons (Fsp3) is 0.625. The van der Waals surface area contributed by atoms with Gasteiger partial charge in [0.05, 0.1) is 11.0 Å². The van der Waals surface area contributed by atoms with Crippen LogP contribution in [0.25, 0.3) is 0 Å². The number of hydrogen-bond donors (Lipinski definition) is 1. The lowest BCUT2D eigenvalue weighted by molar-refractivity contribution is 0.551. The van der Waals surface area contributed by atoms with Crippen molar-refractivity contribution < 1.29 is 8.42 Å². The molecule has 120 valence electrons. The van der Waals surface area contributed by atoms with Gasteiger partial charge in [-0.15, -0.1) is 0 Å². The van der Waals surface area contributed by atoms with Crippen molar-refractivity contribution in [3.63, 3.8) is 0 Å². The third-order valence-corrected chi connectivity index (χ3v) is 6.40. The predicted octanol–water partition coefficient (Wildman–Crippen LogP) is 3.75. The average Bonchev–Trinajstić information content (AvgIpc) is 2.43. The number of hydrogen-bond acceptors (Lipinski definition) is 3. The molecule has 0 aliphatic rings. The van der Waals surface area contributed by atoms with E-state index in [-0.39, 0.29) is 16.9 Å². The summed E-state index contributed by atoms with van der Waals surface area (Å²) in [5.41, 5.74) is 1.20. The van der Waals surface area contributed by atoms with E-state index in [1.54, 1.807) is 13.8 Å². The third-order valence-electron chi connectivity index (χ3n) is 3.63. The van der Waals surface area contributed by atoms with Crippen LogP contribution in [0.3, 0.4) is 0 Å². The Kier molecular flexibility index (Phi) is 7.92. The number of benzene rings is 1. The molecule has 3 nitrogen and oxygen atoms in total. The molecule has 1 rings (SSSR count). The lowest BCUT2D eigenvalue weighted by Gasteiger charge is -2.19. The fourth-order valence-corrected chi connectivity index (χ4v) is 3.47. The number of nitrogens with one attached hydrogen (secondary N) is 1. The van der Waals surface area contributed by atoms with Gasteiger partial charge in [-0.1, -0.05) is 35.0 Å². The van der Waals surface area contributed by atoms with Gasteiger partial charge in [-0.05, 0) is 56.8 Å². The first kappa shape index (κ1) is 18.7. The standard InChI is InChI=1S/C16H26BrNO2S/c1-4-10-18-12-15(9-11-21(19,20)13(2)3)14-5-7-16(17)8-6-14/h5-8,13,15,18H,4,9-12H2,1-3H3. The van der Waals surface area contributed by atoms with Gasteiger partial charge in [-0.3, -0.25) is 0 Å². The molecule has 0 amide bonds. The van der Waals surface area contributed by atoms with Gasteiger partial charge in [0.15, 0.2) is 9.84 Å². The van der Waals surface area contributed by atoms with E-state index in [0.29, 0.717) is 6.42 Å². The first-order valence-electron chi connectivity index (χ1n) is 7.54. The summed E-state index contributed by atoms with van der Waals surface area (Å²) in [5, 5.41) is 3.11. The van der Waals surface area contributed by atoms with Gasteiger partial charge in [0, 0.05) is 11.0 Å². The van der Waals surface area contributed by atoms with E-state index in [4.69, 9.17) is 0 Å². The van der Waals surface area contributed by atoms with Crippen molar-refractivity contribution in [2.75, 3.05) is 18.8 Å². The van der Waals surface area contributed by atoms with E-state index in [2.05, 4.69) is 40.3 Å². The zero-order valence-electron chi connectivity index (χ0n) is 13.1. The second-order valence-corrected chi connectivity index (χ2v) is 9.25. The Morgan fingerprint density at radius 3 is 2.33 bits per heavy atom. The summed E-state index contributed by atoms with van der Waals surface area (Å²) in [6.45, 7) is 7.41. The van der Waals surface area contributed by atoms with E-state index < -0.39 is 9.84 Å². The van der Waals surface area contributed by atoms with Gasteiger partial charge in [0.2, 0.25) is 0 Å². The maximum Gasteiger partial charge on any atom is 0.152 e. The number of halogens is 1. The largest absolute Gasteiger partial charge is 0.316 e. The molecule has 5 heteroatoms. The summed E-state index contributed by atoms with van der Waals surface area (Å²) in [6, 6.07) is 8.17. The van der Waals surface area contributed by atoms with Crippen molar-refractivity contribution in [1.29, 1.82) is 0 Å². The molecule has 1 atom stereocenters. The van der Waals surface area contributed by atoms with Crippen LogP contribution >= 0.6 is 15.9 Å². The minimum atomic E-state index is -2.98. The lowest BCUT2D eigenvalue weighted by Crippen LogP contribution is -2.25. The first-order chi connectivity index (χ1) is 9.86. The van der Waals surface area contributed by atoms with Gasteiger partial charge >= 0.3 is 0 Å². The van der Waals surface area contributed by atoms with Crippen LogP contribution in [-0.4, -0.2) is 32.5 Å². The minimum absolute atomic E-state index is 0.234. The fourth-order valence-electron chi connectivity index (χ4n) is 2.12. The molecule has 0 aliphatic heterocycles. The molecule has 0 saturated carbocycles. The Morgan fingerprint density at radius 1 is 1.19 bits per heavy atom. The number of sulfone groups is 1. The minimum Gasteiger partial charge on any atom is -0.316 e. The smallest absolute Gasteiger partial charge is 0.152 e. The molecular weight excluding hydrogens is 350 g/mol. The molecule has 0 bridgehead atoms. The SMILES string of the molecule is CCCNCC(CCS(=O)(=O)C(C)C)c1ccc(Br)cc1. The summed E-state index contributed by atoms with van der Waals surface area (Å²) < 4.78 is 25.1. The maximum absolute atomic E-state index is 12.0. The van der Waals surface area contributed by atoms with Gasteiger partial charge in [-0.2, -0.15) is 0 Å². The zero-order valence-corrected chi connectivity index (χ0v) is 15.5. The summed E-state index contributed by atoms with van der Waals surface area (Å²) in [5.74, 6) is 0.484. The summed E-state index contributed by atoms with van der Waals surface area (Å²) in [4.78, 5) is 0. The third kappa shape index (κ3) is 6.49. The van der Waals surface area contributed by atoms with Crippen molar-refractivity contribution in [3.8, 4) is 0 Å². The van der Waals surface area contributed by atoms with Gasteiger partial charge in [0.25, 0.3) is 0 Å². The van der Waals surface area contributed by atoms with Crippen molar-refractivity contribution >= 4 is 25.8 Å². The highest BCUT2D eigenvalue weighted by Crippen LogP contribution is 2.22. The summed E-state index contributed by atoms with van der Waals surface area (Å²) in [7, 11) is -2.98. The lowest BCUT2D eigenvalue weighted by atomic mass is 9.96. The topological polar surface area (TPSA) is 46.2 Å². The van der Waals surface area contributed by atoms with Crippen LogP contribution in [0.1, 0.15) is 45.1 Å². The molecule has 0 spiro atoms. The van der Waals surface area contributed by atoms with E-state index in [1.165, 1.54) is 5.56 Å². The van der Waals surface area contributed by atoms with E-state index >= 15 is 0 Å². The molecule has 0 heterocycles. The van der Waals surface area contributed by atoms with Crippen LogP contribution in [0.15, 0.2) is 28.7 Å². The van der Waals surface area contributed by atoms with E-state index in [9.17, 15) is 8.42 Å². The van der Waals surface area contributed by atoms with Gasteiger partial charge < -0.3 is 5.32 Å². The van der Waals surface area contributed by atoms with Crippen LogP contribution in [0.2, 0.25) is 0 Å². The molecule has 0 fully saturated rings. The molecule has 0 radical (unpaired) electrons. The van der Waals surface area contributed by atoms with Crippen LogP contribution in [-0.2, 0) is 9.84 Å². The maximum atomic E-state index is 12.0. The molecule has 0 aliphatic carbocycles. The van der Waals surface area contributed by atoms with E-state index in [1.807, 2.05) is 12.1 Å². The second kappa shape index (κ2) is 8.91. The van der Waals surface area contributed by atoms with Crippen LogP contribution < -0.4 is 5.32 Å². The molecular formula is C16H26BrNO2S. The van der Waals surface area contributed by atoms with Crippen molar-refractivity contribution in [3.05, 3.63) is 34.3 Å². The quantitative estimate of drug-likeness (QED) is 0.668. The first-order valence-corrected chi connectivity index (χ1v) is 10.1. The Morgan fingerprint density at radius 2 is 1.81 bits per heavy atom. The number of rotatable bonds is 9. The van der Waals surface area contributed by atoms with Crippen molar-refractivity contribution in [2.24, 2.45) is 0 Å². The van der Waals surface area contributed by atoms with Crippen molar-refractivity contribution in [1.82, 2.24) is 5.32 Å². The molecule has 1 N–H and O–H groups in total. The average molecular weight is 376 g/mol. The van der Waals surface area contributed by atoms with Crippen molar-refractivity contribution in [2.45, 2.75) is 44.8 Å². The molecule has 1 unspecified atom stereocenters. The molecule has 21 heavy (non-hydrogen) atoms. The Balaban J connectivity index is 2.75. The predicted molar refractivity (Wildman–Crippen MR) is 93.6 cm³/mol.